The Kier molecular flexibility index (Phi) is 7.47. The third-order valence-corrected chi connectivity index (χ3v) is 7.79. The van der Waals surface area contributed by atoms with Gasteiger partial charge in [-0.25, -0.2) is 8.42 Å². The van der Waals surface area contributed by atoms with Crippen LogP contribution in [0.2, 0.25) is 0 Å². The largest absolute Gasteiger partial charge is 0.385 e. The highest BCUT2D eigenvalue weighted by atomic mass is 35.5. The lowest BCUT2D eigenvalue weighted by Crippen LogP contribution is -2.28. The van der Waals surface area contributed by atoms with Crippen molar-refractivity contribution in [3.05, 3.63) is 29.8 Å². The monoisotopic (exact) mass is 386 g/mol. The second-order valence-electron chi connectivity index (χ2n) is 6.82. The summed E-state index contributed by atoms with van der Waals surface area (Å²) in [6, 6.07) is 6.71. The highest BCUT2D eigenvalue weighted by molar-refractivity contribution is 7.92. The van der Waals surface area contributed by atoms with Gasteiger partial charge in [-0.1, -0.05) is 31.9 Å². The summed E-state index contributed by atoms with van der Waals surface area (Å²) in [5.74, 6) is -0.0741. The number of benzene rings is 1. The molecule has 1 aromatic rings. The first-order valence-electron chi connectivity index (χ1n) is 8.92. The van der Waals surface area contributed by atoms with Crippen LogP contribution in [-0.4, -0.2) is 32.6 Å². The van der Waals surface area contributed by atoms with Gasteiger partial charge >= 0.3 is 0 Å². The number of carbonyl (C=O) groups excluding carboxylic acids is 1. The van der Waals surface area contributed by atoms with Crippen LogP contribution < -0.4 is 0 Å². The van der Waals surface area contributed by atoms with E-state index in [1.54, 1.807) is 31.4 Å². The van der Waals surface area contributed by atoms with Crippen LogP contribution in [-0.2, 0) is 19.4 Å². The summed E-state index contributed by atoms with van der Waals surface area (Å²) in [6.45, 7) is 2.74. The van der Waals surface area contributed by atoms with Crippen LogP contribution in [0.5, 0.6) is 0 Å². The van der Waals surface area contributed by atoms with Crippen molar-refractivity contribution < 1.29 is 17.9 Å². The Balaban J connectivity index is 2.14. The van der Waals surface area contributed by atoms with Crippen molar-refractivity contribution in [2.24, 2.45) is 5.92 Å². The molecule has 0 aromatic heterocycles. The van der Waals surface area contributed by atoms with Gasteiger partial charge in [0.1, 0.15) is 0 Å². The number of hydrogen-bond donors (Lipinski definition) is 0. The molecule has 0 bridgehead atoms. The van der Waals surface area contributed by atoms with Crippen molar-refractivity contribution >= 4 is 26.7 Å². The first-order chi connectivity index (χ1) is 11.9. The predicted octanol–water partition coefficient (Wildman–Crippen LogP) is 4.31. The molecule has 2 rings (SSSR count). The maximum absolute atomic E-state index is 12.5. The van der Waals surface area contributed by atoms with Crippen LogP contribution in [0.4, 0.5) is 0 Å². The Morgan fingerprint density at radius 1 is 1.28 bits per heavy atom. The molecule has 25 heavy (non-hydrogen) atoms. The first kappa shape index (κ1) is 20.4. The summed E-state index contributed by atoms with van der Waals surface area (Å²) in [6.07, 6.45) is 4.93. The minimum Gasteiger partial charge on any atom is -0.385 e. The van der Waals surface area contributed by atoms with Gasteiger partial charge in [0.05, 0.1) is 16.1 Å². The average Bonchev–Trinajstić information content (AvgIpc) is 2.53. The molecule has 0 amide bonds. The molecule has 0 N–H and O–H groups in total. The summed E-state index contributed by atoms with van der Waals surface area (Å²) < 4.78 is 30.1. The SMILES string of the molecule is CCC(CCOC)C[C@@H](C(=O)Cl)c1ccc(S(=O)(=O)C2CCC2)cc1. The third-order valence-electron chi connectivity index (χ3n) is 5.25. The molecule has 1 aliphatic rings. The number of methoxy groups -OCH3 is 1. The van der Waals surface area contributed by atoms with Crippen molar-refractivity contribution in [3.8, 4) is 0 Å². The maximum atomic E-state index is 12.5. The smallest absolute Gasteiger partial charge is 0.229 e. The van der Waals surface area contributed by atoms with Crippen LogP contribution in [0.1, 0.15) is 56.9 Å². The predicted molar refractivity (Wildman–Crippen MR) is 99.8 cm³/mol. The summed E-state index contributed by atoms with van der Waals surface area (Å²) in [4.78, 5) is 12.3. The quantitative estimate of drug-likeness (QED) is 0.562. The average molecular weight is 387 g/mol. The highest BCUT2D eigenvalue weighted by Gasteiger charge is 2.32. The van der Waals surface area contributed by atoms with E-state index in [-0.39, 0.29) is 5.25 Å². The van der Waals surface area contributed by atoms with E-state index < -0.39 is 21.0 Å². The van der Waals surface area contributed by atoms with Crippen molar-refractivity contribution in [3.63, 3.8) is 0 Å². The molecule has 0 aliphatic heterocycles. The van der Waals surface area contributed by atoms with Gasteiger partial charge in [-0.15, -0.1) is 0 Å². The van der Waals surface area contributed by atoms with E-state index in [0.29, 0.717) is 23.8 Å². The molecule has 1 unspecified atom stereocenters. The van der Waals surface area contributed by atoms with Gasteiger partial charge in [0.15, 0.2) is 9.84 Å². The molecular weight excluding hydrogens is 360 g/mol. The molecule has 1 aromatic carbocycles. The molecular formula is C19H27ClO4S. The van der Waals surface area contributed by atoms with Gasteiger partial charge in [0, 0.05) is 13.7 Å². The molecule has 1 fully saturated rings. The lowest BCUT2D eigenvalue weighted by atomic mass is 9.87. The maximum Gasteiger partial charge on any atom is 0.229 e. The van der Waals surface area contributed by atoms with Crippen molar-refractivity contribution in [2.45, 2.75) is 61.5 Å². The van der Waals surface area contributed by atoms with E-state index in [9.17, 15) is 13.2 Å². The zero-order valence-corrected chi connectivity index (χ0v) is 16.5. The van der Waals surface area contributed by atoms with Crippen LogP contribution in [0.15, 0.2) is 29.2 Å². The Hall–Kier alpha value is -0.910. The normalized spacial score (nSPS) is 17.7. The fourth-order valence-electron chi connectivity index (χ4n) is 3.23. The summed E-state index contributed by atoms with van der Waals surface area (Å²) in [7, 11) is -1.57. The second kappa shape index (κ2) is 9.15. The molecule has 0 heterocycles. The molecule has 2 atom stereocenters. The Bertz CT molecular complexity index is 665. The molecule has 0 spiro atoms. The summed E-state index contributed by atoms with van der Waals surface area (Å²) in [5.41, 5.74) is 0.781. The number of sulfone groups is 1. The fourth-order valence-corrected chi connectivity index (χ4v) is 5.30. The van der Waals surface area contributed by atoms with Gasteiger partial charge in [0.25, 0.3) is 0 Å². The Labute approximate surface area is 155 Å². The number of halogens is 1. The summed E-state index contributed by atoms with van der Waals surface area (Å²) in [5, 5.41) is -0.646. The molecule has 0 saturated heterocycles. The highest BCUT2D eigenvalue weighted by Crippen LogP contribution is 2.33. The Morgan fingerprint density at radius 3 is 2.36 bits per heavy atom. The zero-order chi connectivity index (χ0) is 18.4. The standard InChI is InChI=1S/C19H27ClO4S/c1-3-14(11-12-24-2)13-18(19(20)21)15-7-9-17(10-8-15)25(22,23)16-5-4-6-16/h7-10,14,16,18H,3-6,11-13H2,1-2H3/t14?,18-/m1/s1. The minimum atomic E-state index is -3.24. The summed E-state index contributed by atoms with van der Waals surface area (Å²) >= 11 is 5.84. The number of ether oxygens (including phenoxy) is 1. The molecule has 1 aliphatic carbocycles. The fraction of sp³-hybridized carbons (Fsp3) is 0.632. The molecule has 0 radical (unpaired) electrons. The minimum absolute atomic E-state index is 0.248. The van der Waals surface area contributed by atoms with E-state index in [4.69, 9.17) is 16.3 Å². The van der Waals surface area contributed by atoms with E-state index in [1.165, 1.54) is 0 Å². The van der Waals surface area contributed by atoms with Gasteiger partial charge in [-0.3, -0.25) is 4.79 Å². The van der Waals surface area contributed by atoms with Gasteiger partial charge < -0.3 is 4.74 Å². The lowest BCUT2D eigenvalue weighted by molar-refractivity contribution is -0.113. The van der Waals surface area contributed by atoms with Crippen LogP contribution >= 0.6 is 11.6 Å². The van der Waals surface area contributed by atoms with Gasteiger partial charge in [-0.2, -0.15) is 0 Å². The van der Waals surface area contributed by atoms with Crippen molar-refractivity contribution in [1.82, 2.24) is 0 Å². The topological polar surface area (TPSA) is 60.4 Å². The molecule has 140 valence electrons. The first-order valence-corrected chi connectivity index (χ1v) is 10.8. The van der Waals surface area contributed by atoms with Gasteiger partial charge in [-0.05, 0) is 60.9 Å². The second-order valence-corrected chi connectivity index (χ2v) is 9.42. The van der Waals surface area contributed by atoms with Crippen molar-refractivity contribution in [2.75, 3.05) is 13.7 Å². The van der Waals surface area contributed by atoms with E-state index in [1.807, 2.05) is 0 Å². The number of hydrogen-bond acceptors (Lipinski definition) is 4. The van der Waals surface area contributed by atoms with Crippen LogP contribution in [0, 0.1) is 5.92 Å². The van der Waals surface area contributed by atoms with E-state index in [0.717, 1.165) is 37.7 Å². The van der Waals surface area contributed by atoms with E-state index in [2.05, 4.69) is 6.92 Å². The lowest BCUT2D eigenvalue weighted by Gasteiger charge is -2.25. The zero-order valence-electron chi connectivity index (χ0n) is 14.9. The molecule has 4 nitrogen and oxygen atoms in total. The van der Waals surface area contributed by atoms with Crippen LogP contribution in [0.3, 0.4) is 0 Å². The van der Waals surface area contributed by atoms with E-state index >= 15 is 0 Å². The van der Waals surface area contributed by atoms with Crippen molar-refractivity contribution in [1.29, 1.82) is 0 Å². The van der Waals surface area contributed by atoms with Crippen LogP contribution in [0.25, 0.3) is 0 Å². The number of rotatable bonds is 10. The Morgan fingerprint density at radius 2 is 1.92 bits per heavy atom. The van der Waals surface area contributed by atoms with Gasteiger partial charge in [0.2, 0.25) is 5.24 Å². The molecule has 6 heteroatoms. The third kappa shape index (κ3) is 5.05. The molecule has 1 saturated carbocycles. The number of carbonyl (C=O) groups is 1.